The number of hydrogen-bond acceptors (Lipinski definition) is 1. The maximum absolute atomic E-state index is 12.9. The average Bonchev–Trinajstić information content (AvgIpc) is 2.27. The Balaban J connectivity index is 5.30. The van der Waals surface area contributed by atoms with E-state index in [1.165, 1.54) is 12.2 Å². The number of hydrogen-bond donors (Lipinski definition) is 1. The lowest BCUT2D eigenvalue weighted by Crippen LogP contribution is -2.65. The largest absolute Gasteiger partial charge is 0.460 e. The minimum atomic E-state index is -7.05. The van der Waals surface area contributed by atoms with Gasteiger partial charge in [-0.2, -0.15) is 39.5 Å². The monoisotopic (exact) mass is 319 g/mol. The minimum Gasteiger partial charge on any atom is -0.351 e. The lowest BCUT2D eigenvalue weighted by Gasteiger charge is -2.32. The van der Waals surface area contributed by atoms with Gasteiger partial charge in [0.15, 0.2) is 0 Å². The van der Waals surface area contributed by atoms with Gasteiger partial charge in [-0.05, 0) is 6.42 Å². The molecule has 0 bridgehead atoms. The first-order valence-corrected chi connectivity index (χ1v) is 5.22. The van der Waals surface area contributed by atoms with Crippen LogP contribution in [0, 0.1) is 0 Å². The summed E-state index contributed by atoms with van der Waals surface area (Å²) in [5, 5.41) is 1.18. The summed E-state index contributed by atoms with van der Waals surface area (Å²) in [6, 6.07) is 0. The third-order valence-corrected chi connectivity index (χ3v) is 2.25. The van der Waals surface area contributed by atoms with Crippen molar-refractivity contribution in [3.63, 3.8) is 0 Å². The van der Waals surface area contributed by atoms with Crippen LogP contribution in [0.25, 0.3) is 0 Å². The molecule has 120 valence electrons. The summed E-state index contributed by atoms with van der Waals surface area (Å²) in [4.78, 5) is 10.7. The van der Waals surface area contributed by atoms with Gasteiger partial charge in [0.1, 0.15) is 0 Å². The van der Waals surface area contributed by atoms with E-state index in [0.29, 0.717) is 6.42 Å². The Morgan fingerprint density at radius 3 is 1.70 bits per heavy atom. The molecule has 0 aromatic carbocycles. The fourth-order valence-corrected chi connectivity index (χ4v) is 1.01. The van der Waals surface area contributed by atoms with Gasteiger partial charge in [-0.1, -0.05) is 13.3 Å². The predicted molar refractivity (Wildman–Crippen MR) is 48.8 cm³/mol. The van der Waals surface area contributed by atoms with Gasteiger partial charge in [0.2, 0.25) is 0 Å². The molecule has 0 atom stereocenters. The van der Waals surface area contributed by atoms with Crippen LogP contribution >= 0.6 is 0 Å². The van der Waals surface area contributed by atoms with Crippen LogP contribution in [0.1, 0.15) is 19.8 Å². The van der Waals surface area contributed by atoms with Gasteiger partial charge < -0.3 is 5.32 Å². The Bertz CT molecular complexity index is 350. The van der Waals surface area contributed by atoms with E-state index in [1.54, 1.807) is 0 Å². The van der Waals surface area contributed by atoms with Crippen molar-refractivity contribution in [1.29, 1.82) is 0 Å². The number of unbranched alkanes of at least 4 members (excludes halogenated alkanes) is 1. The molecule has 0 rings (SSSR count). The molecular weight excluding hydrogens is 309 g/mol. The second-order valence-electron chi connectivity index (χ2n) is 3.83. The molecule has 0 aromatic rings. The maximum Gasteiger partial charge on any atom is 0.460 e. The van der Waals surface area contributed by atoms with Gasteiger partial charge in [0.05, 0.1) is 0 Å². The van der Waals surface area contributed by atoms with Crippen LogP contribution in [0.2, 0.25) is 0 Å². The molecule has 0 radical (unpaired) electrons. The van der Waals surface area contributed by atoms with Crippen molar-refractivity contribution >= 4 is 5.91 Å². The van der Waals surface area contributed by atoms with E-state index in [2.05, 4.69) is 0 Å². The summed E-state index contributed by atoms with van der Waals surface area (Å²) in [6.45, 7) is 0.981. The van der Waals surface area contributed by atoms with Crippen molar-refractivity contribution in [1.82, 2.24) is 5.32 Å². The fourth-order valence-electron chi connectivity index (χ4n) is 1.01. The van der Waals surface area contributed by atoms with E-state index in [1.807, 2.05) is 0 Å². The summed E-state index contributed by atoms with van der Waals surface area (Å²) >= 11 is 0. The molecule has 0 heterocycles. The first-order valence-electron chi connectivity index (χ1n) is 5.22. The van der Waals surface area contributed by atoms with Crippen molar-refractivity contribution in [2.24, 2.45) is 0 Å². The van der Waals surface area contributed by atoms with Crippen molar-refractivity contribution in [3.05, 3.63) is 0 Å². The number of carbonyl (C=O) groups is 1. The molecule has 0 saturated carbocycles. The number of halogens is 9. The lowest BCUT2D eigenvalue weighted by atomic mass is 10.0. The van der Waals surface area contributed by atoms with Crippen LogP contribution < -0.4 is 5.32 Å². The Hall–Kier alpha value is -1.16. The van der Waals surface area contributed by atoms with Crippen molar-refractivity contribution < 1.29 is 44.3 Å². The number of nitrogens with one attached hydrogen (secondary N) is 1. The van der Waals surface area contributed by atoms with Crippen LogP contribution in [0.3, 0.4) is 0 Å². The second kappa shape index (κ2) is 5.68. The van der Waals surface area contributed by atoms with Gasteiger partial charge in [-0.3, -0.25) is 4.79 Å². The Kier molecular flexibility index (Phi) is 5.35. The van der Waals surface area contributed by atoms with Gasteiger partial charge in [0, 0.05) is 6.54 Å². The van der Waals surface area contributed by atoms with Gasteiger partial charge in [-0.15, -0.1) is 0 Å². The fraction of sp³-hybridized carbons (Fsp3) is 0.889. The summed E-state index contributed by atoms with van der Waals surface area (Å²) in [5.74, 6) is -23.1. The zero-order valence-electron chi connectivity index (χ0n) is 9.93. The summed E-state index contributed by atoms with van der Waals surface area (Å²) < 4.78 is 111. The van der Waals surface area contributed by atoms with Gasteiger partial charge in [-0.25, -0.2) is 0 Å². The van der Waals surface area contributed by atoms with Crippen molar-refractivity contribution in [2.45, 2.75) is 43.7 Å². The highest BCUT2D eigenvalue weighted by molar-refractivity contribution is 5.84. The van der Waals surface area contributed by atoms with Crippen LogP contribution in [0.5, 0.6) is 0 Å². The van der Waals surface area contributed by atoms with E-state index >= 15 is 0 Å². The zero-order valence-corrected chi connectivity index (χ0v) is 9.93. The number of alkyl halides is 9. The molecule has 0 spiro atoms. The molecule has 0 saturated heterocycles. The maximum atomic E-state index is 12.9. The molecular formula is C9H10F9NO. The average molecular weight is 319 g/mol. The topological polar surface area (TPSA) is 29.1 Å². The highest BCUT2D eigenvalue weighted by atomic mass is 19.4. The minimum absolute atomic E-state index is 0.0586. The molecule has 2 nitrogen and oxygen atoms in total. The molecule has 11 heteroatoms. The van der Waals surface area contributed by atoms with E-state index < -0.39 is 36.4 Å². The molecule has 1 N–H and O–H groups in total. The first-order chi connectivity index (χ1) is 8.73. The van der Waals surface area contributed by atoms with E-state index in [9.17, 15) is 44.3 Å². The van der Waals surface area contributed by atoms with Gasteiger partial charge in [0.25, 0.3) is 5.91 Å². The third-order valence-electron chi connectivity index (χ3n) is 2.25. The van der Waals surface area contributed by atoms with Crippen LogP contribution in [0.4, 0.5) is 39.5 Å². The summed E-state index contributed by atoms with van der Waals surface area (Å²) in [5.41, 5.74) is 0. The molecule has 0 aliphatic heterocycles. The predicted octanol–water partition coefficient (Wildman–Crippen LogP) is 3.37. The number of carbonyl (C=O) groups excluding carboxylic acids is 1. The molecule has 1 amide bonds. The summed E-state index contributed by atoms with van der Waals surface area (Å²) in [7, 11) is 0. The molecule has 20 heavy (non-hydrogen) atoms. The van der Waals surface area contributed by atoms with E-state index in [0.717, 1.165) is 0 Å². The Labute approximate surface area is 107 Å². The Morgan fingerprint density at radius 1 is 0.900 bits per heavy atom. The third kappa shape index (κ3) is 3.11. The summed E-state index contributed by atoms with van der Waals surface area (Å²) in [6.07, 6.45) is -6.52. The first kappa shape index (κ1) is 18.8. The van der Waals surface area contributed by atoms with Crippen LogP contribution in [-0.4, -0.2) is 36.4 Å². The quantitative estimate of drug-likeness (QED) is 0.590. The zero-order chi connectivity index (χ0) is 16.4. The lowest BCUT2D eigenvalue weighted by molar-refractivity contribution is -0.388. The van der Waals surface area contributed by atoms with Crippen molar-refractivity contribution in [3.8, 4) is 0 Å². The highest BCUT2D eigenvalue weighted by Gasteiger charge is 2.83. The molecule has 0 aliphatic rings. The highest BCUT2D eigenvalue weighted by Crippen LogP contribution is 2.53. The normalized spacial score (nSPS) is 14.3. The smallest absolute Gasteiger partial charge is 0.351 e. The van der Waals surface area contributed by atoms with E-state index in [-0.39, 0.29) is 6.42 Å². The van der Waals surface area contributed by atoms with E-state index in [4.69, 9.17) is 0 Å². The van der Waals surface area contributed by atoms with Crippen LogP contribution in [0.15, 0.2) is 0 Å². The van der Waals surface area contributed by atoms with Crippen LogP contribution in [-0.2, 0) is 4.79 Å². The Morgan fingerprint density at radius 2 is 1.35 bits per heavy atom. The molecule has 0 fully saturated rings. The number of rotatable bonds is 6. The molecule has 0 unspecified atom stereocenters. The van der Waals surface area contributed by atoms with Crippen molar-refractivity contribution in [2.75, 3.05) is 6.54 Å². The SMILES string of the molecule is CCCCNC(=O)C(F)(F)C(F)(F)C(F)(F)C(F)(F)F. The van der Waals surface area contributed by atoms with Gasteiger partial charge >= 0.3 is 23.9 Å². The number of amides is 1. The standard InChI is InChI=1S/C9H10F9NO/c1-2-3-4-19-5(20)6(10,11)7(12,13)8(14,15)9(16,17)18/h2-4H2,1H3,(H,19,20). The molecule has 0 aliphatic carbocycles. The second-order valence-corrected chi connectivity index (χ2v) is 3.83. The molecule has 0 aromatic heterocycles.